The van der Waals surface area contributed by atoms with Crippen molar-refractivity contribution in [2.45, 2.75) is 33.6 Å². The van der Waals surface area contributed by atoms with Gasteiger partial charge in [-0.05, 0) is 37.7 Å². The van der Waals surface area contributed by atoms with Crippen molar-refractivity contribution in [1.82, 2.24) is 0 Å². The highest BCUT2D eigenvalue weighted by molar-refractivity contribution is 14.1. The average Bonchev–Trinajstić information content (AvgIpc) is 1.87. The van der Waals surface area contributed by atoms with E-state index in [1.807, 2.05) is 0 Å². The van der Waals surface area contributed by atoms with Crippen LogP contribution in [0.2, 0.25) is 0 Å². The monoisotopic (exact) mass is 250 g/mol. The molecule has 0 aliphatic heterocycles. The Bertz CT molecular complexity index is 139. The quantitative estimate of drug-likeness (QED) is 0.523. The fourth-order valence-corrected chi connectivity index (χ4v) is 0.954. The van der Waals surface area contributed by atoms with Gasteiger partial charge in [0.2, 0.25) is 0 Å². The van der Waals surface area contributed by atoms with Crippen molar-refractivity contribution >= 4 is 22.6 Å². The first-order valence-electron chi connectivity index (χ1n) is 3.56. The summed E-state index contributed by atoms with van der Waals surface area (Å²) in [5.41, 5.74) is 2.89. The Kier molecular flexibility index (Phi) is 6.08. The fraction of sp³-hybridized carbons (Fsp3) is 0.556. The molecule has 0 aliphatic carbocycles. The van der Waals surface area contributed by atoms with Gasteiger partial charge in [0, 0.05) is 0 Å². The van der Waals surface area contributed by atoms with E-state index in [4.69, 9.17) is 0 Å². The molecule has 0 aromatic heterocycles. The van der Waals surface area contributed by atoms with Gasteiger partial charge in [-0.25, -0.2) is 0 Å². The van der Waals surface area contributed by atoms with Gasteiger partial charge in [-0.2, -0.15) is 0 Å². The third-order valence-electron chi connectivity index (χ3n) is 1.28. The van der Waals surface area contributed by atoms with Crippen LogP contribution in [0.4, 0.5) is 0 Å². The van der Waals surface area contributed by atoms with Crippen molar-refractivity contribution in [1.29, 1.82) is 0 Å². The molecular formula is C9H15I. The largest absolute Gasteiger partial charge is 0.0856 e. The lowest BCUT2D eigenvalue weighted by Gasteiger charge is -1.94. The first-order valence-corrected chi connectivity index (χ1v) is 4.80. The normalized spacial score (nSPS) is 11.4. The van der Waals surface area contributed by atoms with Gasteiger partial charge in [-0.1, -0.05) is 39.8 Å². The molecule has 0 nitrogen and oxygen atoms in total. The van der Waals surface area contributed by atoms with E-state index in [1.54, 1.807) is 0 Å². The molecule has 0 unspecified atom stereocenters. The van der Waals surface area contributed by atoms with Gasteiger partial charge < -0.3 is 0 Å². The van der Waals surface area contributed by atoms with Crippen LogP contribution in [0, 0.1) is 0 Å². The molecule has 58 valence electrons. The van der Waals surface area contributed by atoms with Crippen LogP contribution in [0.1, 0.15) is 33.6 Å². The highest BCUT2D eigenvalue weighted by atomic mass is 127. The summed E-state index contributed by atoms with van der Waals surface area (Å²) in [6, 6.07) is 0. The van der Waals surface area contributed by atoms with Gasteiger partial charge in [0.15, 0.2) is 0 Å². The van der Waals surface area contributed by atoms with Gasteiger partial charge >= 0.3 is 0 Å². The van der Waals surface area contributed by atoms with Crippen LogP contribution in [0.5, 0.6) is 0 Å². The standard InChI is InChI=1S/C9H15I/c1-8(2)5-4-6-9(3)7-10/h5,7H,4,6H2,1-3H3/b9-7+. The fourth-order valence-electron chi connectivity index (χ4n) is 0.643. The van der Waals surface area contributed by atoms with Crippen LogP contribution in [0.3, 0.4) is 0 Å². The summed E-state index contributed by atoms with van der Waals surface area (Å²) in [5, 5.41) is 0. The topological polar surface area (TPSA) is 0 Å². The Morgan fingerprint density at radius 2 is 1.90 bits per heavy atom. The molecule has 0 radical (unpaired) electrons. The molecule has 0 spiro atoms. The maximum absolute atomic E-state index is 2.29. The summed E-state index contributed by atoms with van der Waals surface area (Å²) in [6.45, 7) is 6.46. The summed E-state index contributed by atoms with van der Waals surface area (Å²) in [5.74, 6) is 0. The second-order valence-electron chi connectivity index (χ2n) is 2.78. The molecule has 0 saturated carbocycles. The van der Waals surface area contributed by atoms with Crippen LogP contribution >= 0.6 is 22.6 Å². The predicted octanol–water partition coefficient (Wildman–Crippen LogP) is 4.07. The molecule has 0 N–H and O–H groups in total. The molecule has 0 aromatic rings. The van der Waals surface area contributed by atoms with Gasteiger partial charge in [0.05, 0.1) is 0 Å². The molecule has 0 bridgehead atoms. The first-order chi connectivity index (χ1) is 4.66. The maximum Gasteiger partial charge on any atom is -0.0244 e. The Morgan fingerprint density at radius 1 is 1.30 bits per heavy atom. The lowest BCUT2D eigenvalue weighted by molar-refractivity contribution is 0.972. The zero-order valence-corrected chi connectivity index (χ0v) is 9.10. The lowest BCUT2D eigenvalue weighted by Crippen LogP contribution is -1.73. The predicted molar refractivity (Wildman–Crippen MR) is 56.4 cm³/mol. The second kappa shape index (κ2) is 5.96. The third kappa shape index (κ3) is 6.33. The second-order valence-corrected chi connectivity index (χ2v) is 3.40. The molecule has 0 aromatic carbocycles. The van der Waals surface area contributed by atoms with Crippen molar-refractivity contribution in [3.8, 4) is 0 Å². The molecule has 0 amide bonds. The molecule has 1 heteroatoms. The summed E-state index contributed by atoms with van der Waals surface area (Å²) >= 11 is 2.29. The van der Waals surface area contributed by atoms with E-state index in [9.17, 15) is 0 Å². The number of halogens is 1. The zero-order chi connectivity index (χ0) is 7.98. The number of hydrogen-bond donors (Lipinski definition) is 0. The van der Waals surface area contributed by atoms with Crippen LogP contribution in [0.15, 0.2) is 21.3 Å². The maximum atomic E-state index is 2.29. The molecule has 0 saturated heterocycles. The van der Waals surface area contributed by atoms with Gasteiger partial charge in [0.25, 0.3) is 0 Å². The van der Waals surface area contributed by atoms with E-state index in [0.717, 1.165) is 0 Å². The van der Waals surface area contributed by atoms with Crippen molar-refractivity contribution in [3.63, 3.8) is 0 Å². The van der Waals surface area contributed by atoms with E-state index in [2.05, 4.69) is 53.5 Å². The van der Waals surface area contributed by atoms with Gasteiger partial charge in [0.1, 0.15) is 0 Å². The number of allylic oxidation sites excluding steroid dienone is 3. The molecule has 0 rings (SSSR count). The van der Waals surface area contributed by atoms with Crippen LogP contribution < -0.4 is 0 Å². The van der Waals surface area contributed by atoms with E-state index in [1.165, 1.54) is 24.0 Å². The summed E-state index contributed by atoms with van der Waals surface area (Å²) in [7, 11) is 0. The van der Waals surface area contributed by atoms with E-state index in [0.29, 0.717) is 0 Å². The Balaban J connectivity index is 3.47. The molecule has 0 heterocycles. The SMILES string of the molecule is CC(C)=CCC/C(C)=C/I. The minimum atomic E-state index is 1.19. The van der Waals surface area contributed by atoms with Crippen molar-refractivity contribution < 1.29 is 0 Å². The minimum Gasteiger partial charge on any atom is -0.0856 e. The smallest absolute Gasteiger partial charge is 0.0244 e. The van der Waals surface area contributed by atoms with Crippen LogP contribution in [-0.4, -0.2) is 0 Å². The zero-order valence-electron chi connectivity index (χ0n) is 6.95. The van der Waals surface area contributed by atoms with E-state index in [-0.39, 0.29) is 0 Å². The molecule has 10 heavy (non-hydrogen) atoms. The Morgan fingerprint density at radius 3 is 2.30 bits per heavy atom. The highest BCUT2D eigenvalue weighted by Gasteiger charge is 1.85. The van der Waals surface area contributed by atoms with Crippen LogP contribution in [0.25, 0.3) is 0 Å². The third-order valence-corrected chi connectivity index (χ3v) is 2.34. The van der Waals surface area contributed by atoms with Crippen molar-refractivity contribution in [2.24, 2.45) is 0 Å². The first kappa shape index (κ1) is 10.2. The summed E-state index contributed by atoms with van der Waals surface area (Å²) in [6.07, 6.45) is 4.67. The molecule has 0 atom stereocenters. The van der Waals surface area contributed by atoms with E-state index >= 15 is 0 Å². The number of rotatable bonds is 3. The number of hydrogen-bond acceptors (Lipinski definition) is 0. The summed E-state index contributed by atoms with van der Waals surface area (Å²) < 4.78 is 2.15. The molecule has 0 fully saturated rings. The Hall–Kier alpha value is 0.210. The molecule has 0 aliphatic rings. The van der Waals surface area contributed by atoms with Crippen molar-refractivity contribution in [2.75, 3.05) is 0 Å². The molecular weight excluding hydrogens is 235 g/mol. The minimum absolute atomic E-state index is 1.19. The summed E-state index contributed by atoms with van der Waals surface area (Å²) in [4.78, 5) is 0. The van der Waals surface area contributed by atoms with Gasteiger partial charge in [-0.3, -0.25) is 0 Å². The Labute approximate surface area is 77.5 Å². The average molecular weight is 250 g/mol. The lowest BCUT2D eigenvalue weighted by atomic mass is 10.1. The highest BCUT2D eigenvalue weighted by Crippen LogP contribution is 2.08. The van der Waals surface area contributed by atoms with E-state index < -0.39 is 0 Å². The van der Waals surface area contributed by atoms with Crippen molar-refractivity contribution in [3.05, 3.63) is 21.3 Å². The van der Waals surface area contributed by atoms with Crippen LogP contribution in [-0.2, 0) is 0 Å². The van der Waals surface area contributed by atoms with Gasteiger partial charge in [-0.15, -0.1) is 0 Å².